The summed E-state index contributed by atoms with van der Waals surface area (Å²) < 4.78 is 19.4. The molecule has 2 aromatic carbocycles. The lowest BCUT2D eigenvalue weighted by Crippen LogP contribution is -2.38. The quantitative estimate of drug-likeness (QED) is 0.357. The Hall–Kier alpha value is -2.87. The van der Waals surface area contributed by atoms with Crippen molar-refractivity contribution in [2.45, 2.75) is 52.9 Å². The zero-order chi connectivity index (χ0) is 26.3. The summed E-state index contributed by atoms with van der Waals surface area (Å²) in [5.74, 6) is 2.48. The largest absolute Gasteiger partial charge is 0.497 e. The van der Waals surface area contributed by atoms with E-state index in [-0.39, 0.29) is 12.2 Å². The smallest absolute Gasteiger partial charge is 0.222 e. The number of hydrogen-bond donors (Lipinski definition) is 1. The van der Waals surface area contributed by atoms with Crippen molar-refractivity contribution in [2.24, 2.45) is 13.0 Å². The van der Waals surface area contributed by atoms with Crippen LogP contribution in [0.15, 0.2) is 54.6 Å². The molecular formula is C29H41N3O4. The van der Waals surface area contributed by atoms with Crippen LogP contribution in [0.2, 0.25) is 0 Å². The summed E-state index contributed by atoms with van der Waals surface area (Å²) in [5.41, 5.74) is 2.55. The van der Waals surface area contributed by atoms with Crippen molar-refractivity contribution in [1.82, 2.24) is 14.7 Å². The second-order valence-corrected chi connectivity index (χ2v) is 10.6. The average molecular weight is 496 g/mol. The Morgan fingerprint density at radius 2 is 1.69 bits per heavy atom. The van der Waals surface area contributed by atoms with Gasteiger partial charge in [-0.1, -0.05) is 50.2 Å². The van der Waals surface area contributed by atoms with Crippen molar-refractivity contribution in [3.63, 3.8) is 0 Å². The molecule has 0 bridgehead atoms. The highest BCUT2D eigenvalue weighted by atomic mass is 16.5. The Kier molecular flexibility index (Phi) is 9.54. The van der Waals surface area contributed by atoms with Gasteiger partial charge in [-0.2, -0.15) is 5.10 Å². The third-order valence-electron chi connectivity index (χ3n) is 5.57. The second kappa shape index (κ2) is 12.4. The summed E-state index contributed by atoms with van der Waals surface area (Å²) in [4.78, 5) is 2.25. The van der Waals surface area contributed by atoms with E-state index >= 15 is 0 Å². The van der Waals surface area contributed by atoms with E-state index in [0.29, 0.717) is 30.6 Å². The molecular weight excluding hydrogens is 454 g/mol. The van der Waals surface area contributed by atoms with Gasteiger partial charge in [0.15, 0.2) is 0 Å². The molecule has 1 N–H and O–H groups in total. The molecule has 1 atom stereocenters. The monoisotopic (exact) mass is 495 g/mol. The predicted molar refractivity (Wildman–Crippen MR) is 144 cm³/mol. The Morgan fingerprint density at radius 3 is 2.33 bits per heavy atom. The maximum absolute atomic E-state index is 10.8. The minimum absolute atomic E-state index is 0.282. The topological polar surface area (TPSA) is 69.0 Å². The molecule has 0 radical (unpaired) electrons. The first-order chi connectivity index (χ1) is 17.1. The number of aryl methyl sites for hydroxylation is 1. The first-order valence-corrected chi connectivity index (χ1v) is 12.5. The number of rotatable bonds is 12. The van der Waals surface area contributed by atoms with Crippen molar-refractivity contribution in [1.29, 1.82) is 0 Å². The normalized spacial score (nSPS) is 12.8. The van der Waals surface area contributed by atoms with Crippen LogP contribution < -0.4 is 9.47 Å². The van der Waals surface area contributed by atoms with Crippen molar-refractivity contribution >= 4 is 0 Å². The van der Waals surface area contributed by atoms with Crippen LogP contribution in [0.3, 0.4) is 0 Å². The fraction of sp³-hybridized carbons (Fsp3) is 0.483. The van der Waals surface area contributed by atoms with Crippen LogP contribution in [-0.4, -0.2) is 58.3 Å². The van der Waals surface area contributed by atoms with Gasteiger partial charge in [0.2, 0.25) is 5.88 Å². The van der Waals surface area contributed by atoms with Gasteiger partial charge in [-0.15, -0.1) is 0 Å². The SMILES string of the molecule is COc1cccc(Oc2c(CN(CC(C)C)C[C@H](O)COC(C)(C)C)c(-c3ccccc3)nn2C)c1. The molecule has 0 unspecified atom stereocenters. The summed E-state index contributed by atoms with van der Waals surface area (Å²) in [6, 6.07) is 17.7. The molecule has 1 aromatic heterocycles. The molecule has 1 heterocycles. The molecule has 0 saturated carbocycles. The third kappa shape index (κ3) is 8.08. The number of ether oxygens (including phenoxy) is 3. The third-order valence-corrected chi connectivity index (χ3v) is 5.57. The first kappa shape index (κ1) is 27.7. The lowest BCUT2D eigenvalue weighted by atomic mass is 10.1. The number of nitrogens with zero attached hydrogens (tertiary/aromatic N) is 3. The maximum Gasteiger partial charge on any atom is 0.222 e. The molecule has 0 fully saturated rings. The van der Waals surface area contributed by atoms with Crippen molar-refractivity contribution < 1.29 is 19.3 Å². The molecule has 7 heteroatoms. The van der Waals surface area contributed by atoms with E-state index in [1.807, 2.05) is 70.3 Å². The van der Waals surface area contributed by atoms with Crippen LogP contribution >= 0.6 is 0 Å². The van der Waals surface area contributed by atoms with Crippen molar-refractivity contribution in [3.05, 3.63) is 60.2 Å². The summed E-state index contributed by atoms with van der Waals surface area (Å²) in [6.45, 7) is 12.5. The van der Waals surface area contributed by atoms with Crippen LogP contribution in [-0.2, 0) is 18.3 Å². The Balaban J connectivity index is 1.95. The summed E-state index contributed by atoms with van der Waals surface area (Å²) in [7, 11) is 3.53. The Labute approximate surface area is 215 Å². The molecule has 36 heavy (non-hydrogen) atoms. The van der Waals surface area contributed by atoms with E-state index < -0.39 is 6.10 Å². The zero-order valence-corrected chi connectivity index (χ0v) is 22.7. The molecule has 3 rings (SSSR count). The van der Waals surface area contributed by atoms with E-state index in [9.17, 15) is 5.11 Å². The fourth-order valence-corrected chi connectivity index (χ4v) is 4.07. The molecule has 0 aliphatic rings. The van der Waals surface area contributed by atoms with Gasteiger partial charge in [0.25, 0.3) is 0 Å². The van der Waals surface area contributed by atoms with E-state index in [1.165, 1.54) is 0 Å². The number of methoxy groups -OCH3 is 1. The van der Waals surface area contributed by atoms with E-state index in [0.717, 1.165) is 29.1 Å². The zero-order valence-electron chi connectivity index (χ0n) is 22.7. The number of aliphatic hydroxyl groups is 1. The van der Waals surface area contributed by atoms with Gasteiger partial charge < -0.3 is 19.3 Å². The van der Waals surface area contributed by atoms with Gasteiger partial charge in [-0.05, 0) is 38.8 Å². The molecule has 7 nitrogen and oxygen atoms in total. The highest BCUT2D eigenvalue weighted by Gasteiger charge is 2.24. The molecule has 0 aliphatic heterocycles. The van der Waals surface area contributed by atoms with Gasteiger partial charge >= 0.3 is 0 Å². The minimum Gasteiger partial charge on any atom is -0.497 e. The Bertz CT molecular complexity index is 1090. The van der Waals surface area contributed by atoms with E-state index in [4.69, 9.17) is 19.3 Å². The lowest BCUT2D eigenvalue weighted by Gasteiger charge is -2.28. The fourth-order valence-electron chi connectivity index (χ4n) is 4.07. The van der Waals surface area contributed by atoms with Crippen LogP contribution in [0.4, 0.5) is 0 Å². The van der Waals surface area contributed by atoms with Gasteiger partial charge in [0.1, 0.15) is 17.2 Å². The molecule has 0 amide bonds. The Morgan fingerprint density at radius 1 is 1.00 bits per heavy atom. The predicted octanol–water partition coefficient (Wildman–Crippen LogP) is 5.52. The molecule has 0 saturated heterocycles. The standard InChI is InChI=1S/C29H41N3O4/c1-21(2)17-32(18-23(33)20-35-29(3,4)5)19-26-27(22-12-9-8-10-13-22)30-31(6)28(26)36-25-15-11-14-24(16-25)34-7/h8-16,21,23,33H,17-20H2,1-7H3/t23-/m0/s1. The highest BCUT2D eigenvalue weighted by Crippen LogP contribution is 2.35. The maximum atomic E-state index is 10.8. The molecule has 3 aromatic rings. The molecule has 0 aliphatic carbocycles. The van der Waals surface area contributed by atoms with E-state index in [1.54, 1.807) is 11.8 Å². The summed E-state index contributed by atoms with van der Waals surface area (Å²) in [6.07, 6.45) is -0.609. The molecule has 0 spiro atoms. The minimum atomic E-state index is -0.609. The van der Waals surface area contributed by atoms with Crippen LogP contribution in [0.5, 0.6) is 17.4 Å². The van der Waals surface area contributed by atoms with Gasteiger partial charge in [0, 0.05) is 38.3 Å². The van der Waals surface area contributed by atoms with Gasteiger partial charge in [-0.3, -0.25) is 4.90 Å². The van der Waals surface area contributed by atoms with Crippen LogP contribution in [0.25, 0.3) is 11.3 Å². The summed E-state index contributed by atoms with van der Waals surface area (Å²) in [5, 5.41) is 15.6. The van der Waals surface area contributed by atoms with Crippen LogP contribution in [0, 0.1) is 5.92 Å². The van der Waals surface area contributed by atoms with Gasteiger partial charge in [-0.25, -0.2) is 4.68 Å². The highest BCUT2D eigenvalue weighted by molar-refractivity contribution is 5.65. The number of benzene rings is 2. The number of hydrogen-bond acceptors (Lipinski definition) is 6. The first-order valence-electron chi connectivity index (χ1n) is 12.5. The average Bonchev–Trinajstić information content (AvgIpc) is 3.12. The van der Waals surface area contributed by atoms with Gasteiger partial charge in [0.05, 0.1) is 31.0 Å². The van der Waals surface area contributed by atoms with Crippen LogP contribution in [0.1, 0.15) is 40.2 Å². The van der Waals surface area contributed by atoms with Crippen molar-refractivity contribution in [3.8, 4) is 28.6 Å². The summed E-state index contributed by atoms with van der Waals surface area (Å²) >= 11 is 0. The van der Waals surface area contributed by atoms with Crippen molar-refractivity contribution in [2.75, 3.05) is 26.8 Å². The number of aromatic nitrogens is 2. The number of aliphatic hydroxyl groups excluding tert-OH is 1. The molecule has 196 valence electrons. The van der Waals surface area contributed by atoms with E-state index in [2.05, 4.69) is 30.9 Å². The second-order valence-electron chi connectivity index (χ2n) is 10.6. The lowest BCUT2D eigenvalue weighted by molar-refractivity contribution is -0.0573.